The first-order valence-corrected chi connectivity index (χ1v) is 11.3. The molecule has 28 heavy (non-hydrogen) atoms. The molecule has 2 rings (SSSR count). The molecule has 6 nitrogen and oxygen atoms in total. The number of thioether (sulfide) groups is 1. The zero-order valence-electron chi connectivity index (χ0n) is 16.6. The van der Waals surface area contributed by atoms with Gasteiger partial charge in [0.05, 0.1) is 6.61 Å². The van der Waals surface area contributed by atoms with Gasteiger partial charge in [-0.1, -0.05) is 12.5 Å². The van der Waals surface area contributed by atoms with E-state index in [0.29, 0.717) is 25.5 Å². The lowest BCUT2D eigenvalue weighted by Gasteiger charge is -2.26. The zero-order chi connectivity index (χ0) is 19.9. The number of likely N-dealkylation sites (tertiary alicyclic amines) is 1. The van der Waals surface area contributed by atoms with Crippen LogP contribution in [-0.2, 0) is 11.3 Å². The first-order valence-electron chi connectivity index (χ1n) is 10.2. The van der Waals surface area contributed by atoms with E-state index in [9.17, 15) is 4.79 Å². The fourth-order valence-electron chi connectivity index (χ4n) is 3.05. The van der Waals surface area contributed by atoms with Crippen LogP contribution in [0.25, 0.3) is 0 Å². The summed E-state index contributed by atoms with van der Waals surface area (Å²) in [6, 6.07) is 4.06. The highest BCUT2D eigenvalue weighted by atomic mass is 32.2. The first-order chi connectivity index (χ1) is 13.8. The SMILES string of the molecule is O=C(CCCSCCO)NC/C=C\COc1cc(CN2CCCCC2)ccn1. The van der Waals surface area contributed by atoms with E-state index in [4.69, 9.17) is 9.84 Å². The highest BCUT2D eigenvalue weighted by molar-refractivity contribution is 7.99. The fraction of sp³-hybridized carbons (Fsp3) is 0.619. The summed E-state index contributed by atoms with van der Waals surface area (Å²) < 4.78 is 5.69. The van der Waals surface area contributed by atoms with Crippen LogP contribution in [0, 0.1) is 0 Å². The van der Waals surface area contributed by atoms with Crippen molar-refractivity contribution >= 4 is 17.7 Å². The molecule has 1 aliphatic rings. The molecule has 1 saturated heterocycles. The fourth-order valence-corrected chi connectivity index (χ4v) is 3.73. The summed E-state index contributed by atoms with van der Waals surface area (Å²) in [6.07, 6.45) is 10.9. The molecule has 7 heteroatoms. The number of hydrogen-bond donors (Lipinski definition) is 2. The number of piperidine rings is 1. The Hall–Kier alpha value is -1.57. The molecule has 0 aromatic carbocycles. The predicted molar refractivity (Wildman–Crippen MR) is 115 cm³/mol. The molecular formula is C21H33N3O3S. The van der Waals surface area contributed by atoms with E-state index in [1.807, 2.05) is 18.2 Å². The molecule has 1 fully saturated rings. The highest BCUT2D eigenvalue weighted by Gasteiger charge is 2.10. The van der Waals surface area contributed by atoms with Crippen molar-refractivity contribution in [3.8, 4) is 5.88 Å². The molecule has 1 aromatic rings. The number of carbonyl (C=O) groups is 1. The van der Waals surface area contributed by atoms with Gasteiger partial charge in [-0.15, -0.1) is 0 Å². The third-order valence-electron chi connectivity index (χ3n) is 4.49. The second-order valence-corrected chi connectivity index (χ2v) is 8.09. The van der Waals surface area contributed by atoms with Crippen LogP contribution in [0.4, 0.5) is 0 Å². The van der Waals surface area contributed by atoms with Gasteiger partial charge in [0.15, 0.2) is 0 Å². The number of pyridine rings is 1. The Bertz CT molecular complexity index is 592. The van der Waals surface area contributed by atoms with E-state index in [2.05, 4.69) is 21.3 Å². The van der Waals surface area contributed by atoms with Gasteiger partial charge in [0.2, 0.25) is 11.8 Å². The summed E-state index contributed by atoms with van der Waals surface area (Å²) in [6.45, 7) is 4.45. The average Bonchev–Trinajstić information content (AvgIpc) is 2.71. The molecule has 0 saturated carbocycles. The van der Waals surface area contributed by atoms with Crippen LogP contribution in [0.2, 0.25) is 0 Å². The van der Waals surface area contributed by atoms with Gasteiger partial charge in [-0.2, -0.15) is 11.8 Å². The lowest BCUT2D eigenvalue weighted by atomic mass is 10.1. The molecule has 0 radical (unpaired) electrons. The van der Waals surface area contributed by atoms with Crippen molar-refractivity contribution in [1.82, 2.24) is 15.2 Å². The summed E-state index contributed by atoms with van der Waals surface area (Å²) in [7, 11) is 0. The molecule has 1 aliphatic heterocycles. The number of hydrogen-bond acceptors (Lipinski definition) is 6. The number of rotatable bonds is 13. The van der Waals surface area contributed by atoms with E-state index in [0.717, 1.165) is 24.5 Å². The van der Waals surface area contributed by atoms with Crippen molar-refractivity contribution in [2.24, 2.45) is 0 Å². The van der Waals surface area contributed by atoms with Crippen molar-refractivity contribution in [2.75, 3.05) is 44.4 Å². The Labute approximate surface area is 172 Å². The maximum absolute atomic E-state index is 11.7. The van der Waals surface area contributed by atoms with Gasteiger partial charge >= 0.3 is 0 Å². The summed E-state index contributed by atoms with van der Waals surface area (Å²) in [5, 5.41) is 11.6. The van der Waals surface area contributed by atoms with Crippen LogP contribution in [0.15, 0.2) is 30.5 Å². The average molecular weight is 408 g/mol. The van der Waals surface area contributed by atoms with E-state index in [1.165, 1.54) is 37.9 Å². The zero-order valence-corrected chi connectivity index (χ0v) is 17.5. The Morgan fingerprint density at radius 3 is 2.96 bits per heavy atom. The summed E-state index contributed by atoms with van der Waals surface area (Å²) in [5.74, 6) is 2.34. The quantitative estimate of drug-likeness (QED) is 0.387. The second kappa shape index (κ2) is 14.4. The van der Waals surface area contributed by atoms with E-state index >= 15 is 0 Å². The molecule has 0 spiro atoms. The lowest BCUT2D eigenvalue weighted by molar-refractivity contribution is -0.120. The summed E-state index contributed by atoms with van der Waals surface area (Å²) in [4.78, 5) is 18.4. The molecule has 0 unspecified atom stereocenters. The van der Waals surface area contributed by atoms with Gasteiger partial charge in [0.1, 0.15) is 6.61 Å². The minimum absolute atomic E-state index is 0.0576. The topological polar surface area (TPSA) is 74.7 Å². The van der Waals surface area contributed by atoms with Crippen LogP contribution < -0.4 is 10.1 Å². The highest BCUT2D eigenvalue weighted by Crippen LogP contribution is 2.15. The maximum Gasteiger partial charge on any atom is 0.220 e. The largest absolute Gasteiger partial charge is 0.473 e. The van der Waals surface area contributed by atoms with E-state index in [1.54, 1.807) is 18.0 Å². The molecule has 2 heterocycles. The molecule has 1 amide bonds. The molecule has 156 valence electrons. The van der Waals surface area contributed by atoms with Crippen molar-refractivity contribution in [2.45, 2.75) is 38.6 Å². The Balaban J connectivity index is 1.57. The Morgan fingerprint density at radius 1 is 1.29 bits per heavy atom. The summed E-state index contributed by atoms with van der Waals surface area (Å²) in [5.41, 5.74) is 1.24. The molecule has 1 aromatic heterocycles. The molecular weight excluding hydrogens is 374 g/mol. The van der Waals surface area contributed by atoms with Crippen molar-refractivity contribution in [3.63, 3.8) is 0 Å². The standard InChI is InChI=1S/C21H33N3O3S/c25-13-16-28-15-6-7-20(26)22-9-2-5-14-27-21-17-19(8-10-23-21)18-24-11-3-1-4-12-24/h2,5,8,10,17,25H,1,3-4,6-7,9,11-16,18H2,(H,22,26)/b5-2-. The minimum Gasteiger partial charge on any atom is -0.473 e. The normalized spacial score (nSPS) is 15.0. The van der Waals surface area contributed by atoms with Crippen LogP contribution >= 0.6 is 11.8 Å². The monoisotopic (exact) mass is 407 g/mol. The van der Waals surface area contributed by atoms with Gasteiger partial charge in [0.25, 0.3) is 0 Å². The van der Waals surface area contributed by atoms with Gasteiger partial charge < -0.3 is 15.2 Å². The van der Waals surface area contributed by atoms with Gasteiger partial charge in [-0.05, 0) is 55.8 Å². The number of nitrogens with zero attached hydrogens (tertiary/aromatic N) is 2. The van der Waals surface area contributed by atoms with Gasteiger partial charge in [0, 0.05) is 37.5 Å². The Morgan fingerprint density at radius 2 is 2.14 bits per heavy atom. The van der Waals surface area contributed by atoms with Crippen molar-refractivity contribution < 1.29 is 14.6 Å². The minimum atomic E-state index is 0.0576. The second-order valence-electron chi connectivity index (χ2n) is 6.87. The predicted octanol–water partition coefficient (Wildman–Crippen LogP) is 2.62. The number of aliphatic hydroxyl groups is 1. The third-order valence-corrected chi connectivity index (χ3v) is 5.54. The smallest absolute Gasteiger partial charge is 0.220 e. The molecule has 2 N–H and O–H groups in total. The van der Waals surface area contributed by atoms with Crippen molar-refractivity contribution in [3.05, 3.63) is 36.0 Å². The van der Waals surface area contributed by atoms with Gasteiger partial charge in [-0.3, -0.25) is 9.69 Å². The third kappa shape index (κ3) is 10.1. The Kier molecular flexibility index (Phi) is 11.7. The van der Waals surface area contributed by atoms with Crippen LogP contribution in [0.1, 0.15) is 37.7 Å². The molecule has 0 bridgehead atoms. The molecule has 0 aliphatic carbocycles. The van der Waals surface area contributed by atoms with E-state index in [-0.39, 0.29) is 12.5 Å². The number of amides is 1. The number of carbonyl (C=O) groups excluding carboxylic acids is 1. The molecule has 0 atom stereocenters. The number of ether oxygens (including phenoxy) is 1. The number of nitrogens with one attached hydrogen (secondary N) is 1. The number of aromatic nitrogens is 1. The van der Waals surface area contributed by atoms with Crippen LogP contribution in [0.3, 0.4) is 0 Å². The van der Waals surface area contributed by atoms with E-state index < -0.39 is 0 Å². The van der Waals surface area contributed by atoms with Crippen molar-refractivity contribution in [1.29, 1.82) is 0 Å². The lowest BCUT2D eigenvalue weighted by Crippen LogP contribution is -2.29. The number of aliphatic hydroxyl groups excluding tert-OH is 1. The summed E-state index contributed by atoms with van der Waals surface area (Å²) >= 11 is 1.67. The van der Waals surface area contributed by atoms with Crippen LogP contribution in [0.5, 0.6) is 5.88 Å². The first kappa shape index (κ1) is 22.7. The maximum atomic E-state index is 11.7. The van der Waals surface area contributed by atoms with Gasteiger partial charge in [-0.25, -0.2) is 4.98 Å². The van der Waals surface area contributed by atoms with Crippen LogP contribution in [-0.4, -0.2) is 65.3 Å².